The molecular weight excluding hydrogens is 990 g/mol. The van der Waals surface area contributed by atoms with Crippen molar-refractivity contribution >= 4 is 19.8 Å². The van der Waals surface area contributed by atoms with E-state index in [4.69, 9.17) is 18.5 Å². The molecule has 0 fully saturated rings. The lowest BCUT2D eigenvalue weighted by molar-refractivity contribution is -0.870. The van der Waals surface area contributed by atoms with Crippen molar-refractivity contribution < 1.29 is 42.1 Å². The first-order chi connectivity index (χ1) is 38.0. The monoisotopic (exact) mass is 1110 g/mol. The number of esters is 2. The highest BCUT2D eigenvalue weighted by molar-refractivity contribution is 7.47. The minimum atomic E-state index is -4.40. The zero-order valence-corrected chi connectivity index (χ0v) is 51.5. The Hall–Kier alpha value is -3.59. The van der Waals surface area contributed by atoms with Gasteiger partial charge in [-0.15, -0.1) is 0 Å². The van der Waals surface area contributed by atoms with E-state index < -0.39 is 26.5 Å². The fourth-order valence-electron chi connectivity index (χ4n) is 8.25. The summed E-state index contributed by atoms with van der Waals surface area (Å²) in [7, 11) is 1.46. The predicted octanol–water partition coefficient (Wildman–Crippen LogP) is 19.9. The molecule has 0 aromatic heterocycles. The van der Waals surface area contributed by atoms with E-state index in [-0.39, 0.29) is 32.0 Å². The first-order valence-electron chi connectivity index (χ1n) is 31.3. The number of allylic oxidation sites excluding steroid dienone is 20. The van der Waals surface area contributed by atoms with Crippen LogP contribution in [0.5, 0.6) is 0 Å². The van der Waals surface area contributed by atoms with Crippen LogP contribution in [0, 0.1) is 0 Å². The van der Waals surface area contributed by atoms with Gasteiger partial charge < -0.3 is 18.9 Å². The molecule has 0 spiro atoms. The second-order valence-corrected chi connectivity index (χ2v) is 23.1. The molecule has 78 heavy (non-hydrogen) atoms. The molecular formula is C68H117NO8P+. The third kappa shape index (κ3) is 61.6. The largest absolute Gasteiger partial charge is 0.472 e. The summed E-state index contributed by atoms with van der Waals surface area (Å²) >= 11 is 0. The maximum Gasteiger partial charge on any atom is 0.472 e. The summed E-state index contributed by atoms with van der Waals surface area (Å²) < 4.78 is 34.6. The number of nitrogens with zero attached hydrogens (tertiary/aromatic N) is 1. The van der Waals surface area contributed by atoms with Crippen LogP contribution in [0.15, 0.2) is 122 Å². The number of ether oxygens (including phenoxy) is 2. The first kappa shape index (κ1) is 74.4. The van der Waals surface area contributed by atoms with Crippen molar-refractivity contribution in [2.75, 3.05) is 47.5 Å². The van der Waals surface area contributed by atoms with E-state index in [0.29, 0.717) is 17.4 Å². The molecule has 0 aromatic rings. The first-order valence-corrected chi connectivity index (χ1v) is 32.8. The maximum absolute atomic E-state index is 12.9. The molecule has 0 saturated heterocycles. The Balaban J connectivity index is 4.14. The molecule has 2 unspecified atom stereocenters. The lowest BCUT2D eigenvalue weighted by atomic mass is 10.0. The number of rotatable bonds is 56. The number of quaternary nitrogens is 1. The maximum atomic E-state index is 12.9. The summed E-state index contributed by atoms with van der Waals surface area (Å²) in [4.78, 5) is 35.8. The SMILES string of the molecule is CC/C=C\C/C=C\C/C=C\C/C=C\C/C=C\CCCCCCCCCCCCCCCCCC(=O)OC(COC(=O)CCCCCCCCC/C=C\C/C=C\C/C=C\C/C=C\C/C=C\CC)COP(=O)(O)OCC[N+](C)(C)C. The number of hydrogen-bond donors (Lipinski definition) is 1. The zero-order chi connectivity index (χ0) is 57.0. The highest BCUT2D eigenvalue weighted by Gasteiger charge is 2.27. The number of hydrogen-bond acceptors (Lipinski definition) is 7. The topological polar surface area (TPSA) is 108 Å². The Kier molecular flexibility index (Phi) is 55.4. The van der Waals surface area contributed by atoms with Gasteiger partial charge in [0.1, 0.15) is 19.8 Å². The average Bonchev–Trinajstić information content (AvgIpc) is 3.40. The van der Waals surface area contributed by atoms with Crippen molar-refractivity contribution in [3.8, 4) is 0 Å². The van der Waals surface area contributed by atoms with Crippen LogP contribution < -0.4 is 0 Å². The van der Waals surface area contributed by atoms with E-state index >= 15 is 0 Å². The number of carbonyl (C=O) groups excluding carboxylic acids is 2. The molecule has 446 valence electrons. The smallest absolute Gasteiger partial charge is 0.462 e. The summed E-state index contributed by atoms with van der Waals surface area (Å²) in [5.41, 5.74) is 0. The third-order valence-electron chi connectivity index (χ3n) is 13.0. The Morgan fingerprint density at radius 2 is 0.692 bits per heavy atom. The number of phosphoric acid groups is 1. The van der Waals surface area contributed by atoms with Gasteiger partial charge in [0.05, 0.1) is 27.7 Å². The Labute approximate surface area is 479 Å². The highest BCUT2D eigenvalue weighted by atomic mass is 31.2. The van der Waals surface area contributed by atoms with Gasteiger partial charge in [0.2, 0.25) is 0 Å². The van der Waals surface area contributed by atoms with Gasteiger partial charge in [0.25, 0.3) is 0 Å². The van der Waals surface area contributed by atoms with Gasteiger partial charge in [0.15, 0.2) is 6.10 Å². The van der Waals surface area contributed by atoms with Crippen molar-refractivity contribution in [3.05, 3.63) is 122 Å². The Bertz CT molecular complexity index is 1730. The van der Waals surface area contributed by atoms with Crippen molar-refractivity contribution in [1.82, 2.24) is 0 Å². The summed E-state index contributed by atoms with van der Waals surface area (Å²) in [5.74, 6) is -0.813. The average molecular weight is 1110 g/mol. The van der Waals surface area contributed by atoms with E-state index in [1.807, 2.05) is 21.1 Å². The quantitative estimate of drug-likeness (QED) is 0.0211. The molecule has 0 radical (unpaired) electrons. The van der Waals surface area contributed by atoms with Crippen LogP contribution in [-0.2, 0) is 32.7 Å². The molecule has 0 heterocycles. The van der Waals surface area contributed by atoms with Gasteiger partial charge in [0, 0.05) is 12.8 Å². The fraction of sp³-hybridized carbons (Fsp3) is 0.676. The van der Waals surface area contributed by atoms with Crippen LogP contribution in [0.2, 0.25) is 0 Å². The number of carbonyl (C=O) groups is 2. The second-order valence-electron chi connectivity index (χ2n) is 21.7. The molecule has 0 bridgehead atoms. The molecule has 2 atom stereocenters. The second kappa shape index (κ2) is 58.1. The van der Waals surface area contributed by atoms with Gasteiger partial charge in [-0.25, -0.2) is 4.57 Å². The standard InChI is InChI=1S/C68H116NO8P/c1-6-8-10-12-14-16-18-20-22-24-26-28-30-31-32-33-34-35-36-37-39-41-43-45-47-49-51-53-55-57-59-61-68(71)77-66(65-76-78(72,73)75-63-62-69(3,4)5)64-74-67(70)60-58-56-54-52-50-48-46-44-42-40-38-29-27-25-23-21-19-17-15-13-11-9-7-2/h8-11,14-17,20-23,26-29,31-32,40,42,66H,6-7,12-13,18-19,24-25,30,33-39,41,43-65H2,1-5H3/p+1/b10-8-,11-9-,16-14-,17-15-,22-20-,23-21-,28-26-,29-27-,32-31-,42-40-. The van der Waals surface area contributed by atoms with Gasteiger partial charge in [-0.1, -0.05) is 251 Å². The molecule has 9 nitrogen and oxygen atoms in total. The molecule has 0 aromatic carbocycles. The molecule has 10 heteroatoms. The summed E-state index contributed by atoms with van der Waals surface area (Å²) in [5, 5.41) is 0. The van der Waals surface area contributed by atoms with E-state index in [1.54, 1.807) is 0 Å². The minimum absolute atomic E-state index is 0.0243. The van der Waals surface area contributed by atoms with Crippen molar-refractivity contribution in [2.45, 2.75) is 251 Å². The van der Waals surface area contributed by atoms with Crippen LogP contribution in [0.3, 0.4) is 0 Å². The summed E-state index contributed by atoms with van der Waals surface area (Å²) in [6.45, 7) is 4.20. The lowest BCUT2D eigenvalue weighted by Gasteiger charge is -2.24. The van der Waals surface area contributed by atoms with Crippen LogP contribution in [0.1, 0.15) is 245 Å². The number of unbranched alkanes of at least 4 members (excludes halogenated alkanes) is 22. The van der Waals surface area contributed by atoms with Crippen LogP contribution in [0.25, 0.3) is 0 Å². The number of likely N-dealkylation sites (N-methyl/N-ethyl adjacent to an activating group) is 1. The van der Waals surface area contributed by atoms with E-state index in [1.165, 1.54) is 96.3 Å². The van der Waals surface area contributed by atoms with Gasteiger partial charge in [-0.05, 0) is 103 Å². The van der Waals surface area contributed by atoms with E-state index in [0.717, 1.165) is 116 Å². The number of phosphoric ester groups is 1. The van der Waals surface area contributed by atoms with Crippen LogP contribution >= 0.6 is 7.82 Å². The van der Waals surface area contributed by atoms with Gasteiger partial charge in [-0.2, -0.15) is 0 Å². The van der Waals surface area contributed by atoms with Crippen molar-refractivity contribution in [1.29, 1.82) is 0 Å². The molecule has 1 N–H and O–H groups in total. The van der Waals surface area contributed by atoms with Crippen LogP contribution in [-0.4, -0.2) is 74.9 Å². The molecule has 0 aliphatic rings. The highest BCUT2D eigenvalue weighted by Crippen LogP contribution is 2.43. The third-order valence-corrected chi connectivity index (χ3v) is 14.0. The van der Waals surface area contributed by atoms with E-state index in [2.05, 4.69) is 135 Å². The van der Waals surface area contributed by atoms with Crippen molar-refractivity contribution in [3.63, 3.8) is 0 Å². The Morgan fingerprint density at radius 3 is 1.03 bits per heavy atom. The molecule has 0 amide bonds. The fourth-order valence-corrected chi connectivity index (χ4v) is 8.99. The minimum Gasteiger partial charge on any atom is -0.462 e. The summed E-state index contributed by atoms with van der Waals surface area (Å²) in [6, 6.07) is 0. The zero-order valence-electron chi connectivity index (χ0n) is 50.6. The molecule has 0 aliphatic heterocycles. The normalized spacial score (nSPS) is 14.1. The van der Waals surface area contributed by atoms with Crippen molar-refractivity contribution in [2.24, 2.45) is 0 Å². The molecule has 0 rings (SSSR count). The van der Waals surface area contributed by atoms with E-state index in [9.17, 15) is 19.0 Å². The summed E-state index contributed by atoms with van der Waals surface area (Å²) in [6.07, 6.45) is 82.7. The van der Waals surface area contributed by atoms with Gasteiger partial charge >= 0.3 is 19.8 Å². The predicted molar refractivity (Wildman–Crippen MR) is 334 cm³/mol. The Morgan fingerprint density at radius 1 is 0.397 bits per heavy atom. The molecule has 0 saturated carbocycles. The van der Waals surface area contributed by atoms with Gasteiger partial charge in [-0.3, -0.25) is 18.6 Å². The molecule has 0 aliphatic carbocycles. The van der Waals surface area contributed by atoms with Crippen LogP contribution in [0.4, 0.5) is 0 Å². The lowest BCUT2D eigenvalue weighted by Crippen LogP contribution is -2.37.